The molecule has 1 aromatic carbocycles. The lowest BCUT2D eigenvalue weighted by Crippen LogP contribution is -2.61. The number of carbonyl (C=O) groups is 4. The molecule has 1 saturated carbocycles. The predicted octanol–water partition coefficient (Wildman–Crippen LogP) is 6.04. The molecule has 1 N–H and O–H groups in total. The van der Waals surface area contributed by atoms with Crippen molar-refractivity contribution >= 4 is 56.9 Å². The molecule has 354 valence electrons. The molecule has 16 nitrogen and oxygen atoms in total. The van der Waals surface area contributed by atoms with Crippen LogP contribution in [0.4, 0.5) is 14.6 Å². The first-order valence-corrected chi connectivity index (χ1v) is 24.4. The quantitative estimate of drug-likeness (QED) is 0.113. The van der Waals surface area contributed by atoms with Crippen molar-refractivity contribution < 1.29 is 32.7 Å². The van der Waals surface area contributed by atoms with Gasteiger partial charge < -0.3 is 24.0 Å². The SMILES string of the molecule is O=C1CCC(n2c3ccccc3c3c(CCCN4CC5(CCN(C(=O)C6CCC(n7cc(CC(=O)c8cnn9ccc(N%10C[C@H]%11C[C@@H]%10CO%11)nc89)c(C(F)F)n7)CC6)CC5)C4)ccnc32)C(=O)N1. The summed E-state index contributed by atoms with van der Waals surface area (Å²) in [6, 6.07) is 11.7. The Balaban J connectivity index is 0.622. The zero-order valence-corrected chi connectivity index (χ0v) is 37.9. The maximum Gasteiger partial charge on any atom is 0.282 e. The van der Waals surface area contributed by atoms with Crippen molar-refractivity contribution in [1.29, 1.82) is 0 Å². The number of ether oxygens (including phenoxy) is 1. The number of hydrogen-bond donors (Lipinski definition) is 1. The molecule has 1 aliphatic carbocycles. The molecule has 18 heteroatoms. The van der Waals surface area contributed by atoms with Crippen LogP contribution < -0.4 is 10.2 Å². The Kier molecular flexibility index (Phi) is 10.9. The number of amides is 3. The Labute approximate surface area is 391 Å². The molecule has 6 aromatic rings. The number of ketones is 1. The predicted molar refractivity (Wildman–Crippen MR) is 246 cm³/mol. The Morgan fingerprint density at radius 3 is 2.54 bits per heavy atom. The van der Waals surface area contributed by atoms with E-state index in [-0.39, 0.29) is 76.3 Å². The highest BCUT2D eigenvalue weighted by Gasteiger charge is 2.46. The monoisotopic (exact) mass is 927 g/mol. The molecule has 0 radical (unpaired) electrons. The first kappa shape index (κ1) is 43.2. The number of hydrogen-bond acceptors (Lipinski definition) is 11. The standard InChI is InChI=1S/C50H55F2N11O5/c51-45(52)44-32(22-40(64)37-24-54-61-19-14-41(55-46(37)61)60-26-35-23-34(60)27-68-35)25-62(57-44)33-9-7-31(8-10-33)49(67)59-20-15-50(16-21-59)28-58(29-50)18-3-4-30-13-17-53-47-43(30)36-5-1-2-6-38(36)63(47)39-11-12-42(65)56-48(39)66/h1-2,5-6,13-14,17,19,24-25,31,33-35,39,45H,3-4,7-12,15-16,18,20-23,26-29H2,(H,56,65,66)/t31?,33?,34-,35-,39?/m1/s1. The van der Waals surface area contributed by atoms with E-state index in [0.717, 1.165) is 99.1 Å². The molecule has 6 aliphatic rings. The van der Waals surface area contributed by atoms with Crippen LogP contribution in [0.5, 0.6) is 0 Å². The van der Waals surface area contributed by atoms with E-state index in [4.69, 9.17) is 14.7 Å². The van der Waals surface area contributed by atoms with Crippen molar-refractivity contribution in [2.24, 2.45) is 11.3 Å². The fourth-order valence-corrected chi connectivity index (χ4v) is 12.5. The summed E-state index contributed by atoms with van der Waals surface area (Å²) in [5.74, 6) is -0.00779. The zero-order chi connectivity index (χ0) is 46.3. The number of aryl methyl sites for hydroxylation is 1. The number of anilines is 1. The molecule has 10 heterocycles. The van der Waals surface area contributed by atoms with Gasteiger partial charge in [-0.05, 0) is 99.9 Å². The highest BCUT2D eigenvalue weighted by Crippen LogP contribution is 2.43. The summed E-state index contributed by atoms with van der Waals surface area (Å²) in [4.78, 5) is 68.8. The van der Waals surface area contributed by atoms with Crippen LogP contribution in [0.15, 0.2) is 61.2 Å². The van der Waals surface area contributed by atoms with Gasteiger partial charge in [0.1, 0.15) is 23.2 Å². The number of para-hydroxylation sites is 1. The van der Waals surface area contributed by atoms with Gasteiger partial charge in [0.25, 0.3) is 6.43 Å². The van der Waals surface area contributed by atoms with Crippen molar-refractivity contribution in [1.82, 2.24) is 49.0 Å². The van der Waals surface area contributed by atoms with Crippen LogP contribution in [0.1, 0.15) is 110 Å². The largest absolute Gasteiger partial charge is 0.374 e. The van der Waals surface area contributed by atoms with Crippen LogP contribution in [0.2, 0.25) is 0 Å². The number of carbonyl (C=O) groups excluding carboxylic acids is 4. The Morgan fingerprint density at radius 2 is 1.78 bits per heavy atom. The second-order valence-electron chi connectivity index (χ2n) is 20.2. The maximum absolute atomic E-state index is 14.4. The highest BCUT2D eigenvalue weighted by atomic mass is 19.3. The zero-order valence-electron chi connectivity index (χ0n) is 37.9. The number of halogens is 2. The molecule has 12 rings (SSSR count). The van der Waals surface area contributed by atoms with Gasteiger partial charge >= 0.3 is 0 Å². The molecule has 1 spiro atoms. The van der Waals surface area contributed by atoms with E-state index in [1.165, 1.54) is 11.8 Å². The third kappa shape index (κ3) is 7.63. The average molecular weight is 928 g/mol. The molecule has 3 amide bonds. The minimum absolute atomic E-state index is 0.0988. The first-order valence-electron chi connectivity index (χ1n) is 24.4. The van der Waals surface area contributed by atoms with Gasteiger partial charge in [0.2, 0.25) is 17.7 Å². The summed E-state index contributed by atoms with van der Waals surface area (Å²) < 4.78 is 39.7. The van der Waals surface area contributed by atoms with E-state index in [0.29, 0.717) is 50.8 Å². The lowest BCUT2D eigenvalue weighted by molar-refractivity contribution is -0.142. The van der Waals surface area contributed by atoms with Gasteiger partial charge in [-0.3, -0.25) is 29.2 Å². The minimum atomic E-state index is -2.84. The summed E-state index contributed by atoms with van der Waals surface area (Å²) in [7, 11) is 0. The molecular weight excluding hydrogens is 873 g/mol. The number of rotatable bonds is 12. The topological polar surface area (TPSA) is 165 Å². The van der Waals surface area contributed by atoms with Gasteiger partial charge in [-0.25, -0.2) is 23.3 Å². The van der Waals surface area contributed by atoms with Crippen LogP contribution in [0.25, 0.3) is 27.6 Å². The highest BCUT2D eigenvalue weighted by molar-refractivity contribution is 6.10. The van der Waals surface area contributed by atoms with Crippen molar-refractivity contribution in [2.75, 3.05) is 50.8 Å². The van der Waals surface area contributed by atoms with Crippen molar-refractivity contribution in [3.8, 4) is 0 Å². The van der Waals surface area contributed by atoms with Crippen molar-refractivity contribution in [3.05, 3.63) is 83.6 Å². The number of benzene rings is 1. The number of piperidine rings is 2. The Hall–Kier alpha value is -6.14. The summed E-state index contributed by atoms with van der Waals surface area (Å²) >= 11 is 0. The molecule has 68 heavy (non-hydrogen) atoms. The number of imide groups is 1. The molecular formula is C50H55F2N11O5. The van der Waals surface area contributed by atoms with Gasteiger partial charge in [0, 0.05) is 86.4 Å². The van der Waals surface area contributed by atoms with Gasteiger partial charge in [0.05, 0.1) is 42.1 Å². The lowest BCUT2D eigenvalue weighted by Gasteiger charge is -2.54. The third-order valence-corrected chi connectivity index (χ3v) is 16.0. The van der Waals surface area contributed by atoms with E-state index in [1.807, 2.05) is 39.9 Å². The number of Topliss-reactive ketones (excluding diaryl/α,β-unsaturated/α-hetero) is 1. The Bertz CT molecular complexity index is 2960. The number of morpholine rings is 1. The number of fused-ring (bicyclic) bond motifs is 6. The average Bonchev–Trinajstić information content (AvgIpc) is 4.20. The van der Waals surface area contributed by atoms with Gasteiger partial charge in [-0.15, -0.1) is 0 Å². The number of nitrogens with zero attached hydrogens (tertiary/aromatic N) is 10. The summed E-state index contributed by atoms with van der Waals surface area (Å²) in [6.07, 6.45) is 12.0. The minimum Gasteiger partial charge on any atom is -0.374 e. The van der Waals surface area contributed by atoms with Crippen LogP contribution >= 0.6 is 0 Å². The Morgan fingerprint density at radius 1 is 0.956 bits per heavy atom. The summed E-state index contributed by atoms with van der Waals surface area (Å²) in [6.45, 7) is 5.95. The lowest BCUT2D eigenvalue weighted by atomic mass is 9.71. The number of aromatic nitrogens is 7. The second kappa shape index (κ2) is 17.1. The molecule has 3 atom stereocenters. The number of pyridine rings is 1. The van der Waals surface area contributed by atoms with E-state index < -0.39 is 12.5 Å². The van der Waals surface area contributed by atoms with Crippen LogP contribution in [0.3, 0.4) is 0 Å². The third-order valence-electron chi connectivity index (χ3n) is 16.0. The smallest absolute Gasteiger partial charge is 0.282 e. The van der Waals surface area contributed by atoms with Crippen LogP contribution in [-0.4, -0.2) is 125 Å². The summed E-state index contributed by atoms with van der Waals surface area (Å²) in [5.41, 5.74) is 3.69. The second-order valence-corrected chi connectivity index (χ2v) is 20.2. The van der Waals surface area contributed by atoms with Crippen molar-refractivity contribution in [2.45, 2.75) is 108 Å². The fourth-order valence-electron chi connectivity index (χ4n) is 12.5. The van der Waals surface area contributed by atoms with Crippen LogP contribution in [0, 0.1) is 11.3 Å². The molecule has 5 aliphatic heterocycles. The normalized spacial score (nSPS) is 25.1. The maximum atomic E-state index is 14.4. The van der Waals surface area contributed by atoms with E-state index in [2.05, 4.69) is 37.4 Å². The molecule has 2 bridgehead atoms. The number of nitrogens with one attached hydrogen (secondary N) is 1. The van der Waals surface area contributed by atoms with Crippen molar-refractivity contribution in [3.63, 3.8) is 0 Å². The number of likely N-dealkylation sites (tertiary alicyclic amines) is 2. The van der Waals surface area contributed by atoms with Gasteiger partial charge in [-0.1, -0.05) is 18.2 Å². The van der Waals surface area contributed by atoms with Crippen LogP contribution in [-0.2, 0) is 32.0 Å². The summed E-state index contributed by atoms with van der Waals surface area (Å²) in [5, 5.41) is 13.3. The van der Waals surface area contributed by atoms with E-state index >= 15 is 0 Å². The van der Waals surface area contributed by atoms with E-state index in [1.54, 1.807) is 21.6 Å². The van der Waals surface area contributed by atoms with Gasteiger partial charge in [0.15, 0.2) is 11.4 Å². The van der Waals surface area contributed by atoms with Gasteiger partial charge in [-0.2, -0.15) is 10.2 Å². The van der Waals surface area contributed by atoms with E-state index in [9.17, 15) is 28.0 Å². The molecule has 1 unspecified atom stereocenters. The first-order chi connectivity index (χ1) is 33.1. The number of alkyl halides is 2. The molecule has 5 saturated heterocycles. The fraction of sp³-hybridized carbons (Fsp3) is 0.520. The molecule has 5 aromatic heterocycles. The molecule has 6 fully saturated rings.